The molecule has 4 rings (SSSR count). The first-order valence-corrected chi connectivity index (χ1v) is 9.54. The summed E-state index contributed by atoms with van der Waals surface area (Å²) in [6.45, 7) is 0. The van der Waals surface area contributed by atoms with E-state index < -0.39 is 0 Å². The maximum atomic E-state index is 12.8. The molecule has 0 aliphatic carbocycles. The molecule has 7 heteroatoms. The molecule has 0 fully saturated rings. The number of nitrogens with one attached hydrogen (secondary N) is 1. The average molecular weight is 447 g/mol. The second-order valence-corrected chi connectivity index (χ2v) is 7.11. The Bertz CT molecular complexity index is 1230. The van der Waals surface area contributed by atoms with Crippen LogP contribution in [-0.4, -0.2) is 27.2 Å². The van der Waals surface area contributed by atoms with Crippen molar-refractivity contribution >= 4 is 39.0 Å². The Labute approximate surface area is 175 Å². The highest BCUT2D eigenvalue weighted by Gasteiger charge is 2.14. The zero-order valence-corrected chi connectivity index (χ0v) is 16.7. The quantitative estimate of drug-likeness (QED) is 0.356. The van der Waals surface area contributed by atoms with Gasteiger partial charge in [-0.1, -0.05) is 40.2 Å². The van der Waals surface area contributed by atoms with Gasteiger partial charge < -0.3 is 5.11 Å². The number of carbonyl (C=O) groups excluding carboxylic acids is 1. The van der Waals surface area contributed by atoms with E-state index in [2.05, 4.69) is 36.4 Å². The summed E-state index contributed by atoms with van der Waals surface area (Å²) in [6.07, 6.45) is 3.07. The van der Waals surface area contributed by atoms with Crippen LogP contribution in [0.25, 0.3) is 22.3 Å². The van der Waals surface area contributed by atoms with Crippen molar-refractivity contribution in [1.82, 2.24) is 15.4 Å². The van der Waals surface area contributed by atoms with E-state index in [1.807, 2.05) is 42.5 Å². The van der Waals surface area contributed by atoms with Crippen molar-refractivity contribution in [3.05, 3.63) is 88.5 Å². The number of pyridine rings is 2. The Morgan fingerprint density at radius 2 is 1.86 bits per heavy atom. The molecule has 4 aromatic rings. The number of benzene rings is 2. The van der Waals surface area contributed by atoms with Gasteiger partial charge in [-0.2, -0.15) is 5.10 Å². The molecule has 0 unspecified atom stereocenters. The van der Waals surface area contributed by atoms with Gasteiger partial charge >= 0.3 is 0 Å². The zero-order valence-electron chi connectivity index (χ0n) is 15.1. The third kappa shape index (κ3) is 4.14. The monoisotopic (exact) mass is 446 g/mol. The fraction of sp³-hybridized carbons (Fsp3) is 0. The standard InChI is InChI=1S/C22H15BrN4O2/c23-15-8-9-21(28)14(11-15)13-25-27-22(29)17-12-20(19-7-3-4-10-24-19)26-18-6-2-1-5-16(17)18/h1-13,28H,(H,27,29)/b25-13+. The predicted octanol–water partition coefficient (Wildman–Crippen LogP) is 4.53. The fourth-order valence-electron chi connectivity index (χ4n) is 2.86. The Morgan fingerprint density at radius 3 is 2.69 bits per heavy atom. The number of aromatic hydroxyl groups is 1. The molecule has 2 N–H and O–H groups in total. The summed E-state index contributed by atoms with van der Waals surface area (Å²) in [5.41, 5.74) is 5.40. The van der Waals surface area contributed by atoms with Crippen molar-refractivity contribution < 1.29 is 9.90 Å². The highest BCUT2D eigenvalue weighted by atomic mass is 79.9. The summed E-state index contributed by atoms with van der Waals surface area (Å²) < 4.78 is 0.795. The molecule has 0 aliphatic heterocycles. The van der Waals surface area contributed by atoms with Gasteiger partial charge in [0, 0.05) is 21.6 Å². The molecule has 0 spiro atoms. The normalized spacial score (nSPS) is 11.1. The molecule has 1 amide bonds. The minimum atomic E-state index is -0.383. The number of para-hydroxylation sites is 1. The summed E-state index contributed by atoms with van der Waals surface area (Å²) >= 11 is 3.34. The van der Waals surface area contributed by atoms with Crippen molar-refractivity contribution in [2.24, 2.45) is 5.10 Å². The lowest BCUT2D eigenvalue weighted by atomic mass is 10.1. The molecule has 2 heterocycles. The molecule has 2 aromatic carbocycles. The summed E-state index contributed by atoms with van der Waals surface area (Å²) in [6, 6.07) is 19.6. The van der Waals surface area contributed by atoms with Crippen LogP contribution in [0.1, 0.15) is 15.9 Å². The Balaban J connectivity index is 1.68. The van der Waals surface area contributed by atoms with E-state index in [1.165, 1.54) is 6.21 Å². The third-order valence-corrected chi connectivity index (χ3v) is 4.74. The number of carbonyl (C=O) groups is 1. The number of nitrogens with zero attached hydrogens (tertiary/aromatic N) is 3. The minimum Gasteiger partial charge on any atom is -0.507 e. The van der Waals surface area contributed by atoms with Crippen LogP contribution in [0, 0.1) is 0 Å². The van der Waals surface area contributed by atoms with Crippen LogP contribution < -0.4 is 5.43 Å². The Kier molecular flexibility index (Phi) is 5.31. The largest absolute Gasteiger partial charge is 0.507 e. The lowest BCUT2D eigenvalue weighted by molar-refractivity contribution is 0.0956. The molecule has 0 saturated heterocycles. The number of phenolic OH excluding ortho intramolecular Hbond substituents is 1. The number of phenols is 1. The van der Waals surface area contributed by atoms with E-state index in [4.69, 9.17) is 0 Å². The highest BCUT2D eigenvalue weighted by molar-refractivity contribution is 9.10. The van der Waals surface area contributed by atoms with Gasteiger partial charge in [-0.25, -0.2) is 10.4 Å². The van der Waals surface area contributed by atoms with Gasteiger partial charge in [-0.3, -0.25) is 9.78 Å². The maximum absolute atomic E-state index is 12.8. The number of aromatic nitrogens is 2. The average Bonchev–Trinajstić information content (AvgIpc) is 2.76. The van der Waals surface area contributed by atoms with Crippen molar-refractivity contribution in [3.8, 4) is 17.1 Å². The van der Waals surface area contributed by atoms with Crippen molar-refractivity contribution in [1.29, 1.82) is 0 Å². The molecule has 0 atom stereocenters. The third-order valence-electron chi connectivity index (χ3n) is 4.25. The summed E-state index contributed by atoms with van der Waals surface area (Å²) in [4.78, 5) is 21.8. The molecule has 142 valence electrons. The number of hydrazone groups is 1. The Hall–Kier alpha value is -3.58. The van der Waals surface area contributed by atoms with Crippen molar-refractivity contribution in [2.75, 3.05) is 0 Å². The van der Waals surface area contributed by atoms with Gasteiger partial charge in [0.1, 0.15) is 5.75 Å². The van der Waals surface area contributed by atoms with Crippen molar-refractivity contribution in [2.45, 2.75) is 0 Å². The number of hydrogen-bond donors (Lipinski definition) is 2. The SMILES string of the molecule is O=C(N/N=C/c1cc(Br)ccc1O)c1cc(-c2ccccn2)nc2ccccc12. The molecule has 0 saturated carbocycles. The minimum absolute atomic E-state index is 0.0676. The van der Waals surface area contributed by atoms with Crippen LogP contribution in [0.15, 0.2) is 82.5 Å². The Morgan fingerprint density at radius 1 is 1.03 bits per heavy atom. The lowest BCUT2D eigenvalue weighted by Gasteiger charge is -2.08. The van der Waals surface area contributed by atoms with Crippen LogP contribution in [0.5, 0.6) is 5.75 Å². The van der Waals surface area contributed by atoms with Gasteiger partial charge in [0.15, 0.2) is 0 Å². The molecule has 0 aliphatic rings. The van der Waals surface area contributed by atoms with Crippen LogP contribution in [0.2, 0.25) is 0 Å². The fourth-order valence-corrected chi connectivity index (χ4v) is 3.24. The zero-order chi connectivity index (χ0) is 20.2. The van der Waals surface area contributed by atoms with E-state index in [9.17, 15) is 9.90 Å². The van der Waals surface area contributed by atoms with Crippen molar-refractivity contribution in [3.63, 3.8) is 0 Å². The molecule has 0 bridgehead atoms. The van der Waals surface area contributed by atoms with Gasteiger partial charge in [-0.05, 0) is 42.5 Å². The molecule has 6 nitrogen and oxygen atoms in total. The summed E-state index contributed by atoms with van der Waals surface area (Å²) in [5, 5.41) is 14.6. The van der Waals surface area contributed by atoms with E-state index >= 15 is 0 Å². The number of halogens is 1. The first-order chi connectivity index (χ1) is 14.1. The summed E-state index contributed by atoms with van der Waals surface area (Å²) in [5.74, 6) is -0.315. The smallest absolute Gasteiger partial charge is 0.272 e. The topological polar surface area (TPSA) is 87.5 Å². The maximum Gasteiger partial charge on any atom is 0.272 e. The second kappa shape index (κ2) is 8.20. The van der Waals surface area contributed by atoms with Crippen LogP contribution >= 0.6 is 15.9 Å². The van der Waals surface area contributed by atoms with Gasteiger partial charge in [-0.15, -0.1) is 0 Å². The van der Waals surface area contributed by atoms with Gasteiger partial charge in [0.2, 0.25) is 0 Å². The van der Waals surface area contributed by atoms with E-state index in [1.54, 1.807) is 30.5 Å². The van der Waals surface area contributed by atoms with Gasteiger partial charge in [0.05, 0.1) is 28.7 Å². The lowest BCUT2D eigenvalue weighted by Crippen LogP contribution is -2.18. The first-order valence-electron chi connectivity index (χ1n) is 8.75. The van der Waals surface area contributed by atoms with Crippen LogP contribution in [-0.2, 0) is 0 Å². The van der Waals surface area contributed by atoms with E-state index in [0.717, 1.165) is 4.47 Å². The number of rotatable bonds is 4. The number of hydrogen-bond acceptors (Lipinski definition) is 5. The predicted molar refractivity (Wildman–Crippen MR) is 116 cm³/mol. The second-order valence-electron chi connectivity index (χ2n) is 6.19. The molecule has 2 aromatic heterocycles. The molecular weight excluding hydrogens is 432 g/mol. The van der Waals surface area contributed by atoms with Crippen LogP contribution in [0.4, 0.5) is 0 Å². The molecule has 29 heavy (non-hydrogen) atoms. The highest BCUT2D eigenvalue weighted by Crippen LogP contribution is 2.24. The number of amides is 1. The summed E-state index contributed by atoms with van der Waals surface area (Å²) in [7, 11) is 0. The molecular formula is C22H15BrN4O2. The number of fused-ring (bicyclic) bond motifs is 1. The molecule has 0 radical (unpaired) electrons. The van der Waals surface area contributed by atoms with Gasteiger partial charge in [0.25, 0.3) is 5.91 Å². The van der Waals surface area contributed by atoms with E-state index in [0.29, 0.717) is 33.4 Å². The first kappa shape index (κ1) is 18.8. The van der Waals surface area contributed by atoms with Crippen LogP contribution in [0.3, 0.4) is 0 Å². The van der Waals surface area contributed by atoms with E-state index in [-0.39, 0.29) is 11.7 Å².